The predicted molar refractivity (Wildman–Crippen MR) is 70.9 cm³/mol. The molecule has 2 nitrogen and oxygen atoms in total. The minimum absolute atomic E-state index is 0.190. The SMILES string of the molecule is CC(O)c1ccc(C2(CN)CCCCC2)cc1. The van der Waals surface area contributed by atoms with Crippen LogP contribution in [0.2, 0.25) is 0 Å². The zero-order valence-electron chi connectivity index (χ0n) is 10.7. The summed E-state index contributed by atoms with van der Waals surface area (Å²) in [6.45, 7) is 2.54. The van der Waals surface area contributed by atoms with Crippen LogP contribution in [0, 0.1) is 0 Å². The summed E-state index contributed by atoms with van der Waals surface area (Å²) in [5, 5.41) is 9.52. The highest BCUT2D eigenvalue weighted by atomic mass is 16.3. The highest BCUT2D eigenvalue weighted by Crippen LogP contribution is 2.38. The molecule has 1 unspecified atom stereocenters. The molecule has 1 atom stereocenters. The summed E-state index contributed by atoms with van der Waals surface area (Å²) in [5.41, 5.74) is 8.54. The maximum Gasteiger partial charge on any atom is 0.0761 e. The molecule has 0 radical (unpaired) electrons. The van der Waals surface area contributed by atoms with Gasteiger partial charge in [0, 0.05) is 12.0 Å². The van der Waals surface area contributed by atoms with E-state index in [1.165, 1.54) is 37.7 Å². The normalized spacial score (nSPS) is 21.1. The summed E-state index contributed by atoms with van der Waals surface area (Å²) in [6, 6.07) is 8.37. The lowest BCUT2D eigenvalue weighted by molar-refractivity contribution is 0.199. The molecule has 1 aliphatic carbocycles. The first kappa shape index (κ1) is 12.6. The third-order valence-corrected chi connectivity index (χ3v) is 4.21. The summed E-state index contributed by atoms with van der Waals surface area (Å²) in [6.07, 6.45) is 5.94. The molecule has 0 amide bonds. The molecule has 0 aromatic heterocycles. The van der Waals surface area contributed by atoms with Gasteiger partial charge < -0.3 is 10.8 Å². The van der Waals surface area contributed by atoms with Crippen LogP contribution < -0.4 is 5.73 Å². The molecule has 0 saturated heterocycles. The van der Waals surface area contributed by atoms with Gasteiger partial charge in [0.2, 0.25) is 0 Å². The molecule has 0 aliphatic heterocycles. The molecule has 17 heavy (non-hydrogen) atoms. The number of aliphatic hydroxyl groups excluding tert-OH is 1. The zero-order chi connectivity index (χ0) is 12.3. The van der Waals surface area contributed by atoms with Crippen molar-refractivity contribution >= 4 is 0 Å². The molecule has 1 saturated carbocycles. The Bertz CT molecular complexity index is 350. The van der Waals surface area contributed by atoms with Gasteiger partial charge in [0.1, 0.15) is 0 Å². The Hall–Kier alpha value is -0.860. The van der Waals surface area contributed by atoms with Gasteiger partial charge in [-0.1, -0.05) is 43.5 Å². The van der Waals surface area contributed by atoms with Crippen molar-refractivity contribution in [2.75, 3.05) is 6.54 Å². The second-order valence-corrected chi connectivity index (χ2v) is 5.34. The molecule has 0 spiro atoms. The molecule has 1 aliphatic rings. The average molecular weight is 233 g/mol. The largest absolute Gasteiger partial charge is 0.389 e. The summed E-state index contributed by atoms with van der Waals surface area (Å²) in [7, 11) is 0. The van der Waals surface area contributed by atoms with Crippen molar-refractivity contribution in [2.24, 2.45) is 5.73 Å². The number of aliphatic hydroxyl groups is 1. The third kappa shape index (κ3) is 2.53. The lowest BCUT2D eigenvalue weighted by Gasteiger charge is -2.37. The van der Waals surface area contributed by atoms with Crippen LogP contribution >= 0.6 is 0 Å². The monoisotopic (exact) mass is 233 g/mol. The molecule has 2 rings (SSSR count). The quantitative estimate of drug-likeness (QED) is 0.843. The van der Waals surface area contributed by atoms with E-state index in [4.69, 9.17) is 5.73 Å². The van der Waals surface area contributed by atoms with Crippen molar-refractivity contribution < 1.29 is 5.11 Å². The minimum atomic E-state index is -0.385. The molecule has 1 fully saturated rings. The Balaban J connectivity index is 2.24. The maximum absolute atomic E-state index is 9.52. The van der Waals surface area contributed by atoms with Crippen LogP contribution in [0.15, 0.2) is 24.3 Å². The van der Waals surface area contributed by atoms with Crippen LogP contribution in [0.5, 0.6) is 0 Å². The van der Waals surface area contributed by atoms with Crippen molar-refractivity contribution in [1.29, 1.82) is 0 Å². The molecule has 2 heteroatoms. The fourth-order valence-corrected chi connectivity index (χ4v) is 2.95. The second kappa shape index (κ2) is 5.19. The van der Waals surface area contributed by atoms with Crippen LogP contribution in [-0.4, -0.2) is 11.7 Å². The van der Waals surface area contributed by atoms with Gasteiger partial charge in [-0.05, 0) is 30.9 Å². The number of rotatable bonds is 3. The Labute approximate surface area is 104 Å². The first-order chi connectivity index (χ1) is 8.18. The minimum Gasteiger partial charge on any atom is -0.389 e. The fraction of sp³-hybridized carbons (Fsp3) is 0.600. The van der Waals surface area contributed by atoms with E-state index in [0.29, 0.717) is 0 Å². The Morgan fingerprint density at radius 2 is 1.76 bits per heavy atom. The standard InChI is InChI=1S/C15H23NO/c1-12(17)13-5-7-14(8-6-13)15(11-16)9-3-2-4-10-15/h5-8,12,17H,2-4,9-11,16H2,1H3. The van der Waals surface area contributed by atoms with Crippen molar-refractivity contribution in [2.45, 2.75) is 50.5 Å². The van der Waals surface area contributed by atoms with Crippen LogP contribution in [0.4, 0.5) is 0 Å². The zero-order valence-corrected chi connectivity index (χ0v) is 10.7. The average Bonchev–Trinajstić information content (AvgIpc) is 2.39. The lowest BCUT2D eigenvalue weighted by Crippen LogP contribution is -2.37. The molecule has 1 aromatic carbocycles. The van der Waals surface area contributed by atoms with Crippen LogP contribution in [-0.2, 0) is 5.41 Å². The van der Waals surface area contributed by atoms with Crippen molar-refractivity contribution in [3.05, 3.63) is 35.4 Å². The van der Waals surface area contributed by atoms with Gasteiger partial charge >= 0.3 is 0 Å². The van der Waals surface area contributed by atoms with Gasteiger partial charge in [-0.3, -0.25) is 0 Å². The van der Waals surface area contributed by atoms with Crippen molar-refractivity contribution in [3.8, 4) is 0 Å². The lowest BCUT2D eigenvalue weighted by atomic mass is 9.69. The Kier molecular flexibility index (Phi) is 3.85. The number of hydrogen-bond acceptors (Lipinski definition) is 2. The summed E-state index contributed by atoms with van der Waals surface area (Å²) in [5.74, 6) is 0. The molecule has 1 aromatic rings. The van der Waals surface area contributed by atoms with E-state index in [-0.39, 0.29) is 11.5 Å². The topological polar surface area (TPSA) is 46.2 Å². The van der Waals surface area contributed by atoms with Crippen molar-refractivity contribution in [1.82, 2.24) is 0 Å². The van der Waals surface area contributed by atoms with Crippen LogP contribution in [0.3, 0.4) is 0 Å². The summed E-state index contributed by atoms with van der Waals surface area (Å²) < 4.78 is 0. The van der Waals surface area contributed by atoms with E-state index in [1.54, 1.807) is 6.92 Å². The van der Waals surface area contributed by atoms with Crippen molar-refractivity contribution in [3.63, 3.8) is 0 Å². The van der Waals surface area contributed by atoms with E-state index in [2.05, 4.69) is 12.1 Å². The molecule has 0 heterocycles. The molecule has 3 N–H and O–H groups in total. The molecular formula is C15H23NO. The van der Waals surface area contributed by atoms with Gasteiger partial charge in [-0.25, -0.2) is 0 Å². The maximum atomic E-state index is 9.52. The predicted octanol–water partition coefficient (Wildman–Crippen LogP) is 2.90. The number of benzene rings is 1. The molecule has 0 bridgehead atoms. The van der Waals surface area contributed by atoms with Gasteiger partial charge in [-0.2, -0.15) is 0 Å². The first-order valence-corrected chi connectivity index (χ1v) is 6.66. The molecule has 94 valence electrons. The summed E-state index contributed by atoms with van der Waals surface area (Å²) >= 11 is 0. The second-order valence-electron chi connectivity index (χ2n) is 5.34. The fourth-order valence-electron chi connectivity index (χ4n) is 2.95. The Morgan fingerprint density at radius 1 is 1.18 bits per heavy atom. The van der Waals surface area contributed by atoms with E-state index >= 15 is 0 Å². The number of hydrogen-bond donors (Lipinski definition) is 2. The highest BCUT2D eigenvalue weighted by molar-refractivity contribution is 5.31. The number of nitrogens with two attached hydrogens (primary N) is 1. The van der Waals surface area contributed by atoms with Gasteiger partial charge in [0.05, 0.1) is 6.10 Å². The van der Waals surface area contributed by atoms with Gasteiger partial charge in [-0.15, -0.1) is 0 Å². The van der Waals surface area contributed by atoms with E-state index in [1.807, 2.05) is 12.1 Å². The van der Waals surface area contributed by atoms with E-state index in [9.17, 15) is 5.11 Å². The smallest absolute Gasteiger partial charge is 0.0761 e. The van der Waals surface area contributed by atoms with Gasteiger partial charge in [0.15, 0.2) is 0 Å². The molecular weight excluding hydrogens is 210 g/mol. The Morgan fingerprint density at radius 3 is 2.24 bits per heavy atom. The van der Waals surface area contributed by atoms with Crippen LogP contribution in [0.25, 0.3) is 0 Å². The summed E-state index contributed by atoms with van der Waals surface area (Å²) in [4.78, 5) is 0. The van der Waals surface area contributed by atoms with Crippen LogP contribution in [0.1, 0.15) is 56.3 Å². The first-order valence-electron chi connectivity index (χ1n) is 6.66. The van der Waals surface area contributed by atoms with E-state index in [0.717, 1.165) is 12.1 Å². The third-order valence-electron chi connectivity index (χ3n) is 4.21. The van der Waals surface area contributed by atoms with Gasteiger partial charge in [0.25, 0.3) is 0 Å². The highest BCUT2D eigenvalue weighted by Gasteiger charge is 2.32. The van der Waals surface area contributed by atoms with E-state index < -0.39 is 0 Å².